The molecule has 1 aliphatic rings. The van der Waals surface area contributed by atoms with Crippen molar-refractivity contribution in [2.24, 2.45) is 5.73 Å². The van der Waals surface area contributed by atoms with Gasteiger partial charge in [-0.15, -0.1) is 0 Å². The normalized spacial score (nSPS) is 22.3. The third-order valence-electron chi connectivity index (χ3n) is 2.91. The van der Waals surface area contributed by atoms with E-state index >= 15 is 0 Å². The molecule has 0 amide bonds. The summed E-state index contributed by atoms with van der Waals surface area (Å²) in [5.41, 5.74) is 6.73. The van der Waals surface area contributed by atoms with E-state index < -0.39 is 0 Å². The second-order valence-electron chi connectivity index (χ2n) is 4.16. The Labute approximate surface area is 105 Å². The van der Waals surface area contributed by atoms with Gasteiger partial charge in [0.15, 0.2) is 0 Å². The lowest BCUT2D eigenvalue weighted by atomic mass is 10.0. The Morgan fingerprint density at radius 2 is 2.38 bits per heavy atom. The molecular weight excluding hydrogens is 245 g/mol. The predicted octanol–water partition coefficient (Wildman–Crippen LogP) is 3.24. The van der Waals surface area contributed by atoms with Crippen molar-refractivity contribution in [3.05, 3.63) is 34.6 Å². The van der Waals surface area contributed by atoms with Gasteiger partial charge in [0.1, 0.15) is 5.82 Å². The van der Waals surface area contributed by atoms with Gasteiger partial charge in [0.25, 0.3) is 0 Å². The highest BCUT2D eigenvalue weighted by molar-refractivity contribution is 8.00. The van der Waals surface area contributed by atoms with Crippen molar-refractivity contribution in [2.45, 2.75) is 30.6 Å². The Hall–Kier alpha value is -0.250. The first-order valence-corrected chi connectivity index (χ1v) is 6.90. The molecule has 2 rings (SSSR count). The fraction of sp³-hybridized carbons (Fsp3) is 0.500. The summed E-state index contributed by atoms with van der Waals surface area (Å²) in [5.74, 6) is 0.971. The summed E-state index contributed by atoms with van der Waals surface area (Å²) >= 11 is 7.75. The van der Waals surface area contributed by atoms with Crippen LogP contribution in [0.3, 0.4) is 0 Å². The number of halogens is 2. The Morgan fingerprint density at radius 1 is 1.56 bits per heavy atom. The van der Waals surface area contributed by atoms with Gasteiger partial charge in [0.2, 0.25) is 0 Å². The SMILES string of the molecule is NC(Cc1cc(Cl)ccc1F)C1CCCS1. The predicted molar refractivity (Wildman–Crippen MR) is 68.6 cm³/mol. The standard InChI is InChI=1S/C12H15ClFNS/c13-9-3-4-10(14)8(6-9)7-11(15)12-2-1-5-16-12/h3-4,6,11-12H,1-2,5,7,15H2. The van der Waals surface area contributed by atoms with E-state index in [0.717, 1.165) is 6.42 Å². The number of nitrogens with two attached hydrogens (primary N) is 1. The molecule has 1 aromatic rings. The molecule has 0 spiro atoms. The Morgan fingerprint density at radius 3 is 3.06 bits per heavy atom. The van der Waals surface area contributed by atoms with Crippen LogP contribution in [0.1, 0.15) is 18.4 Å². The van der Waals surface area contributed by atoms with Gasteiger partial charge in [0.05, 0.1) is 0 Å². The molecule has 0 aromatic heterocycles. The van der Waals surface area contributed by atoms with E-state index in [4.69, 9.17) is 17.3 Å². The lowest BCUT2D eigenvalue weighted by Crippen LogP contribution is -2.33. The summed E-state index contributed by atoms with van der Waals surface area (Å²) < 4.78 is 13.5. The Balaban J connectivity index is 2.04. The summed E-state index contributed by atoms with van der Waals surface area (Å²) in [6.07, 6.45) is 2.94. The van der Waals surface area contributed by atoms with E-state index in [1.807, 2.05) is 11.8 Å². The molecule has 0 radical (unpaired) electrons. The molecule has 0 saturated carbocycles. The van der Waals surface area contributed by atoms with E-state index in [1.165, 1.54) is 18.2 Å². The molecule has 4 heteroatoms. The maximum Gasteiger partial charge on any atom is 0.126 e. The van der Waals surface area contributed by atoms with E-state index in [9.17, 15) is 4.39 Å². The number of thioether (sulfide) groups is 1. The van der Waals surface area contributed by atoms with Crippen molar-refractivity contribution < 1.29 is 4.39 Å². The summed E-state index contributed by atoms with van der Waals surface area (Å²) in [6, 6.07) is 4.68. The molecule has 1 fully saturated rings. The summed E-state index contributed by atoms with van der Waals surface area (Å²) in [7, 11) is 0. The molecule has 1 aliphatic heterocycles. The topological polar surface area (TPSA) is 26.0 Å². The van der Waals surface area contributed by atoms with Gasteiger partial charge in [-0.25, -0.2) is 4.39 Å². The third-order valence-corrected chi connectivity index (χ3v) is 4.68. The van der Waals surface area contributed by atoms with Crippen LogP contribution in [0.5, 0.6) is 0 Å². The molecule has 0 aliphatic carbocycles. The molecule has 1 nitrogen and oxygen atoms in total. The van der Waals surface area contributed by atoms with Crippen LogP contribution in [0, 0.1) is 5.82 Å². The van der Waals surface area contributed by atoms with Crippen molar-refractivity contribution in [1.29, 1.82) is 0 Å². The fourth-order valence-electron chi connectivity index (χ4n) is 2.03. The van der Waals surface area contributed by atoms with Gasteiger partial charge in [0, 0.05) is 16.3 Å². The molecule has 2 N–H and O–H groups in total. The van der Waals surface area contributed by atoms with E-state index in [1.54, 1.807) is 12.1 Å². The number of hydrogen-bond acceptors (Lipinski definition) is 2. The van der Waals surface area contributed by atoms with Crippen molar-refractivity contribution in [2.75, 3.05) is 5.75 Å². The van der Waals surface area contributed by atoms with E-state index in [0.29, 0.717) is 22.3 Å². The Kier molecular flexibility index (Phi) is 4.11. The van der Waals surface area contributed by atoms with Gasteiger partial charge >= 0.3 is 0 Å². The fourth-order valence-corrected chi connectivity index (χ4v) is 3.53. The molecule has 88 valence electrons. The van der Waals surface area contributed by atoms with Crippen molar-refractivity contribution in [1.82, 2.24) is 0 Å². The second kappa shape index (κ2) is 5.39. The molecule has 1 heterocycles. The number of hydrogen-bond donors (Lipinski definition) is 1. The lowest BCUT2D eigenvalue weighted by molar-refractivity contribution is 0.567. The zero-order chi connectivity index (χ0) is 11.5. The van der Waals surface area contributed by atoms with E-state index in [2.05, 4.69) is 0 Å². The zero-order valence-corrected chi connectivity index (χ0v) is 10.5. The van der Waals surface area contributed by atoms with Crippen LogP contribution >= 0.6 is 23.4 Å². The first-order valence-electron chi connectivity index (χ1n) is 5.48. The number of benzene rings is 1. The first kappa shape index (κ1) is 12.2. The largest absolute Gasteiger partial charge is 0.326 e. The van der Waals surface area contributed by atoms with Crippen molar-refractivity contribution in [3.8, 4) is 0 Å². The van der Waals surface area contributed by atoms with Crippen LogP contribution in [0.2, 0.25) is 5.02 Å². The maximum atomic E-state index is 13.5. The van der Waals surface area contributed by atoms with Crippen LogP contribution in [0.4, 0.5) is 4.39 Å². The lowest BCUT2D eigenvalue weighted by Gasteiger charge is -2.18. The van der Waals surface area contributed by atoms with Gasteiger partial charge in [-0.05, 0) is 48.8 Å². The average molecular weight is 260 g/mol. The highest BCUT2D eigenvalue weighted by Crippen LogP contribution is 2.29. The maximum absolute atomic E-state index is 13.5. The highest BCUT2D eigenvalue weighted by Gasteiger charge is 2.23. The minimum Gasteiger partial charge on any atom is -0.326 e. The average Bonchev–Trinajstić information content (AvgIpc) is 2.76. The highest BCUT2D eigenvalue weighted by atomic mass is 35.5. The first-order chi connectivity index (χ1) is 7.66. The molecule has 16 heavy (non-hydrogen) atoms. The monoisotopic (exact) mass is 259 g/mol. The molecule has 2 atom stereocenters. The molecule has 0 bridgehead atoms. The quantitative estimate of drug-likeness (QED) is 0.902. The Bertz CT molecular complexity index is 366. The van der Waals surface area contributed by atoms with Crippen LogP contribution in [-0.2, 0) is 6.42 Å². The molecule has 1 aromatic carbocycles. The second-order valence-corrected chi connectivity index (χ2v) is 5.94. The van der Waals surface area contributed by atoms with Crippen molar-refractivity contribution in [3.63, 3.8) is 0 Å². The molecular formula is C12H15ClFNS. The van der Waals surface area contributed by atoms with Crippen LogP contribution in [-0.4, -0.2) is 17.0 Å². The van der Waals surface area contributed by atoms with Gasteiger partial charge < -0.3 is 5.73 Å². The molecule has 2 unspecified atom stereocenters. The minimum absolute atomic E-state index is 0.0282. The van der Waals surface area contributed by atoms with E-state index in [-0.39, 0.29) is 11.9 Å². The summed E-state index contributed by atoms with van der Waals surface area (Å²) in [6.45, 7) is 0. The van der Waals surface area contributed by atoms with Crippen molar-refractivity contribution >= 4 is 23.4 Å². The molecule has 1 saturated heterocycles. The van der Waals surface area contributed by atoms with Crippen LogP contribution < -0.4 is 5.73 Å². The number of rotatable bonds is 3. The minimum atomic E-state index is -0.206. The summed E-state index contributed by atoms with van der Waals surface area (Å²) in [5, 5.41) is 1.04. The van der Waals surface area contributed by atoms with Crippen LogP contribution in [0.25, 0.3) is 0 Å². The smallest absolute Gasteiger partial charge is 0.126 e. The van der Waals surface area contributed by atoms with Gasteiger partial charge in [-0.1, -0.05) is 11.6 Å². The summed E-state index contributed by atoms with van der Waals surface area (Å²) in [4.78, 5) is 0. The van der Waals surface area contributed by atoms with Crippen LogP contribution in [0.15, 0.2) is 18.2 Å². The van der Waals surface area contributed by atoms with Gasteiger partial charge in [-0.3, -0.25) is 0 Å². The van der Waals surface area contributed by atoms with Gasteiger partial charge in [-0.2, -0.15) is 11.8 Å². The zero-order valence-electron chi connectivity index (χ0n) is 8.96. The third kappa shape index (κ3) is 2.90.